The fourth-order valence-corrected chi connectivity index (χ4v) is 1.88. The molecule has 1 amide bonds. The minimum absolute atomic E-state index is 0.0763. The van der Waals surface area contributed by atoms with Gasteiger partial charge in [-0.05, 0) is 13.3 Å². The highest BCUT2D eigenvalue weighted by Crippen LogP contribution is 2.09. The molecule has 1 fully saturated rings. The summed E-state index contributed by atoms with van der Waals surface area (Å²) in [5.74, 6) is 0.0763. The van der Waals surface area contributed by atoms with Gasteiger partial charge in [-0.1, -0.05) is 0 Å². The largest absolute Gasteiger partial charge is 0.390 e. The number of nitrogens with one attached hydrogen (secondary N) is 1. The van der Waals surface area contributed by atoms with Gasteiger partial charge in [0.2, 0.25) is 5.91 Å². The van der Waals surface area contributed by atoms with Gasteiger partial charge in [0, 0.05) is 39.8 Å². The Kier molecular flexibility index (Phi) is 5.73. The van der Waals surface area contributed by atoms with E-state index in [0.717, 1.165) is 6.42 Å². The highest BCUT2D eigenvalue weighted by molar-refractivity contribution is 5.76. The lowest BCUT2D eigenvalue weighted by Crippen LogP contribution is -2.44. The molecule has 0 aromatic carbocycles. The van der Waals surface area contributed by atoms with Crippen LogP contribution in [0.25, 0.3) is 0 Å². The van der Waals surface area contributed by atoms with Gasteiger partial charge in [0.1, 0.15) is 0 Å². The number of β-amino-alcohol motifs (C(OH)–C–C–N with tert-alkyl or cyclic N) is 1. The molecular formula is C11H22N2O3. The van der Waals surface area contributed by atoms with Gasteiger partial charge in [-0.3, -0.25) is 4.79 Å². The van der Waals surface area contributed by atoms with Crippen LogP contribution in [0, 0.1) is 0 Å². The number of rotatable bonds is 6. The minimum atomic E-state index is -0.444. The molecule has 1 rings (SSSR count). The Morgan fingerprint density at radius 1 is 1.56 bits per heavy atom. The molecule has 0 radical (unpaired) electrons. The fourth-order valence-electron chi connectivity index (χ4n) is 1.88. The van der Waals surface area contributed by atoms with Gasteiger partial charge >= 0.3 is 0 Å². The Hall–Kier alpha value is -0.650. The third-order valence-corrected chi connectivity index (χ3v) is 2.93. The van der Waals surface area contributed by atoms with Gasteiger partial charge in [0.15, 0.2) is 0 Å². The van der Waals surface area contributed by atoms with E-state index in [1.165, 1.54) is 0 Å². The number of carbonyl (C=O) groups excluding carboxylic acids is 1. The van der Waals surface area contributed by atoms with E-state index >= 15 is 0 Å². The second kappa shape index (κ2) is 6.83. The Bertz CT molecular complexity index is 223. The van der Waals surface area contributed by atoms with Gasteiger partial charge in [-0.15, -0.1) is 0 Å². The van der Waals surface area contributed by atoms with E-state index in [0.29, 0.717) is 32.7 Å². The summed E-state index contributed by atoms with van der Waals surface area (Å²) < 4.78 is 5.18. The van der Waals surface area contributed by atoms with Crippen LogP contribution in [-0.4, -0.2) is 61.4 Å². The maximum atomic E-state index is 11.8. The van der Waals surface area contributed by atoms with E-state index in [2.05, 4.69) is 5.32 Å². The normalized spacial score (nSPS) is 24.7. The zero-order valence-electron chi connectivity index (χ0n) is 10.1. The predicted octanol–water partition coefficient (Wildman–Crippen LogP) is -0.406. The van der Waals surface area contributed by atoms with Crippen LogP contribution in [0.5, 0.6) is 0 Å². The molecule has 0 aliphatic carbocycles. The third kappa shape index (κ3) is 3.73. The zero-order valence-corrected chi connectivity index (χ0v) is 10.1. The van der Waals surface area contributed by atoms with E-state index in [4.69, 9.17) is 4.74 Å². The van der Waals surface area contributed by atoms with Gasteiger partial charge in [0.25, 0.3) is 0 Å². The van der Waals surface area contributed by atoms with Crippen molar-refractivity contribution in [1.82, 2.24) is 10.2 Å². The van der Waals surface area contributed by atoms with Crippen LogP contribution in [0.4, 0.5) is 0 Å². The summed E-state index contributed by atoms with van der Waals surface area (Å²) >= 11 is 0. The van der Waals surface area contributed by atoms with E-state index in [9.17, 15) is 9.90 Å². The Balaban J connectivity index is 2.24. The highest BCUT2D eigenvalue weighted by Gasteiger charge is 2.30. The van der Waals surface area contributed by atoms with Crippen molar-refractivity contribution in [1.29, 1.82) is 0 Å². The molecule has 16 heavy (non-hydrogen) atoms. The molecule has 5 nitrogen and oxygen atoms in total. The van der Waals surface area contributed by atoms with Crippen LogP contribution in [-0.2, 0) is 9.53 Å². The zero-order chi connectivity index (χ0) is 12.0. The maximum absolute atomic E-state index is 11.8. The lowest BCUT2D eigenvalue weighted by Gasteiger charge is -2.26. The van der Waals surface area contributed by atoms with Crippen LogP contribution in [0.2, 0.25) is 0 Å². The number of hydrogen-bond donors (Lipinski definition) is 2. The molecule has 1 aliphatic heterocycles. The summed E-state index contributed by atoms with van der Waals surface area (Å²) in [6.45, 7) is 4.50. The average molecular weight is 230 g/mol. The average Bonchev–Trinajstić information content (AvgIpc) is 2.69. The number of carbonyl (C=O) groups is 1. The minimum Gasteiger partial charge on any atom is -0.390 e. The first-order chi connectivity index (χ1) is 7.66. The number of hydrogen-bond acceptors (Lipinski definition) is 4. The molecule has 1 heterocycles. The van der Waals surface area contributed by atoms with Crippen LogP contribution in [0.1, 0.15) is 19.8 Å². The third-order valence-electron chi connectivity index (χ3n) is 2.93. The molecule has 94 valence electrons. The monoisotopic (exact) mass is 230 g/mol. The molecule has 0 aromatic rings. The number of amides is 1. The van der Waals surface area contributed by atoms with Crippen molar-refractivity contribution in [3.8, 4) is 0 Å². The molecule has 0 aromatic heterocycles. The van der Waals surface area contributed by atoms with E-state index in [-0.39, 0.29) is 11.9 Å². The summed E-state index contributed by atoms with van der Waals surface area (Å²) in [6, 6.07) is -0.0837. The van der Waals surface area contributed by atoms with Crippen LogP contribution in [0.3, 0.4) is 0 Å². The molecule has 2 N–H and O–H groups in total. The van der Waals surface area contributed by atoms with E-state index in [1.54, 1.807) is 11.9 Å². The van der Waals surface area contributed by atoms with Crippen LogP contribution in [0.15, 0.2) is 0 Å². The summed E-state index contributed by atoms with van der Waals surface area (Å²) in [4.78, 5) is 13.4. The van der Waals surface area contributed by atoms with Crippen LogP contribution >= 0.6 is 0 Å². The summed E-state index contributed by atoms with van der Waals surface area (Å²) in [5.41, 5.74) is 0. The molecule has 0 bridgehead atoms. The first kappa shape index (κ1) is 13.4. The lowest BCUT2D eigenvalue weighted by molar-refractivity contribution is -0.133. The number of likely N-dealkylation sites (N-methyl/N-ethyl adjacent to an activating group) is 1. The molecular weight excluding hydrogens is 208 g/mol. The quantitative estimate of drug-likeness (QED) is 0.609. The molecule has 2 atom stereocenters. The first-order valence-corrected chi connectivity index (χ1v) is 5.89. The first-order valence-electron chi connectivity index (χ1n) is 5.89. The SMILES string of the molecule is CCOCCCC(=O)N(C)[C@@H]1CNC[C@H]1O. The predicted molar refractivity (Wildman–Crippen MR) is 61.2 cm³/mol. The molecule has 0 saturated carbocycles. The standard InChI is InChI=1S/C11H22N2O3/c1-3-16-6-4-5-11(15)13(2)9-7-12-8-10(9)14/h9-10,12,14H,3-8H2,1-2H3/t9-,10-/m1/s1. The second-order valence-corrected chi connectivity index (χ2v) is 4.10. The number of nitrogens with zero attached hydrogens (tertiary/aromatic N) is 1. The van der Waals surface area contributed by atoms with Crippen LogP contribution < -0.4 is 5.32 Å². The lowest BCUT2D eigenvalue weighted by atomic mass is 10.1. The maximum Gasteiger partial charge on any atom is 0.222 e. The van der Waals surface area contributed by atoms with Crippen molar-refractivity contribution in [2.45, 2.75) is 31.9 Å². The topological polar surface area (TPSA) is 61.8 Å². The number of aliphatic hydroxyl groups is 1. The molecule has 5 heteroatoms. The summed E-state index contributed by atoms with van der Waals surface area (Å²) in [6.07, 6.45) is 0.785. The molecule has 0 spiro atoms. The van der Waals surface area contributed by atoms with Crippen molar-refractivity contribution < 1.29 is 14.6 Å². The highest BCUT2D eigenvalue weighted by atomic mass is 16.5. The Morgan fingerprint density at radius 2 is 2.31 bits per heavy atom. The number of ether oxygens (including phenoxy) is 1. The second-order valence-electron chi connectivity index (χ2n) is 4.10. The summed E-state index contributed by atoms with van der Waals surface area (Å²) in [5, 5.41) is 12.7. The Labute approximate surface area is 96.8 Å². The summed E-state index contributed by atoms with van der Waals surface area (Å²) in [7, 11) is 1.75. The van der Waals surface area contributed by atoms with Crippen molar-refractivity contribution >= 4 is 5.91 Å². The van der Waals surface area contributed by atoms with Gasteiger partial charge < -0.3 is 20.1 Å². The fraction of sp³-hybridized carbons (Fsp3) is 0.909. The van der Waals surface area contributed by atoms with Crippen molar-refractivity contribution in [2.24, 2.45) is 0 Å². The van der Waals surface area contributed by atoms with Gasteiger partial charge in [0.05, 0.1) is 12.1 Å². The number of aliphatic hydroxyl groups excluding tert-OH is 1. The van der Waals surface area contributed by atoms with E-state index in [1.807, 2.05) is 6.92 Å². The molecule has 1 aliphatic rings. The van der Waals surface area contributed by atoms with Crippen molar-refractivity contribution in [3.63, 3.8) is 0 Å². The van der Waals surface area contributed by atoms with Crippen molar-refractivity contribution in [3.05, 3.63) is 0 Å². The smallest absolute Gasteiger partial charge is 0.222 e. The van der Waals surface area contributed by atoms with Gasteiger partial charge in [-0.25, -0.2) is 0 Å². The molecule has 1 saturated heterocycles. The Morgan fingerprint density at radius 3 is 2.88 bits per heavy atom. The molecule has 0 unspecified atom stereocenters. The van der Waals surface area contributed by atoms with E-state index < -0.39 is 6.10 Å². The van der Waals surface area contributed by atoms with Gasteiger partial charge in [-0.2, -0.15) is 0 Å². The van der Waals surface area contributed by atoms with Crippen molar-refractivity contribution in [2.75, 3.05) is 33.4 Å².